The fourth-order valence-corrected chi connectivity index (χ4v) is 2.03. The average molecular weight is 260 g/mol. The maximum atomic E-state index is 11.0. The van der Waals surface area contributed by atoms with Crippen LogP contribution < -0.4 is 0 Å². The van der Waals surface area contributed by atoms with E-state index in [0.717, 1.165) is 22.5 Å². The Kier molecular flexibility index (Phi) is 3.33. The third kappa shape index (κ3) is 2.47. The topological polar surface area (TPSA) is 42.9 Å². The Bertz CT molecular complexity index is 667. The van der Waals surface area contributed by atoms with Gasteiger partial charge >= 0.3 is 0 Å². The lowest BCUT2D eigenvalue weighted by molar-refractivity contribution is 0.111. The van der Waals surface area contributed by atoms with Crippen molar-refractivity contribution in [1.29, 1.82) is 0 Å². The molecular formula is C17H12N2O. The first-order chi connectivity index (χ1) is 9.86. The molecule has 0 aliphatic heterocycles. The van der Waals surface area contributed by atoms with E-state index in [-0.39, 0.29) is 5.82 Å². The maximum Gasteiger partial charge on any atom is 0.193 e. The summed E-state index contributed by atoms with van der Waals surface area (Å²) in [6.45, 7) is 0. The molecular weight excluding hydrogens is 248 g/mol. The number of benzene rings is 2. The number of nitrogens with zero attached hydrogens (tertiary/aromatic N) is 2. The molecule has 0 bridgehead atoms. The van der Waals surface area contributed by atoms with Gasteiger partial charge in [0.25, 0.3) is 0 Å². The number of carbonyl (C=O) groups is 1. The van der Waals surface area contributed by atoms with Gasteiger partial charge in [0.05, 0.1) is 11.4 Å². The van der Waals surface area contributed by atoms with Crippen LogP contribution in [-0.2, 0) is 0 Å². The van der Waals surface area contributed by atoms with Gasteiger partial charge in [-0.15, -0.1) is 0 Å². The van der Waals surface area contributed by atoms with Crippen molar-refractivity contribution in [3.05, 3.63) is 72.6 Å². The lowest BCUT2D eigenvalue weighted by atomic mass is 10.1. The van der Waals surface area contributed by atoms with Crippen molar-refractivity contribution in [2.75, 3.05) is 0 Å². The zero-order valence-corrected chi connectivity index (χ0v) is 10.7. The Hall–Kier alpha value is -2.81. The summed E-state index contributed by atoms with van der Waals surface area (Å²) in [4.78, 5) is 19.6. The Morgan fingerprint density at radius 3 is 1.55 bits per heavy atom. The fourth-order valence-electron chi connectivity index (χ4n) is 2.03. The molecule has 0 fully saturated rings. The van der Waals surface area contributed by atoms with E-state index in [1.54, 1.807) is 0 Å². The number of carbonyl (C=O) groups excluding carboxylic acids is 1. The number of aldehydes is 1. The van der Waals surface area contributed by atoms with Crippen LogP contribution in [0, 0.1) is 0 Å². The normalized spacial score (nSPS) is 10.2. The summed E-state index contributed by atoms with van der Waals surface area (Å²) < 4.78 is 0. The molecule has 0 aliphatic carbocycles. The third-order valence-corrected chi connectivity index (χ3v) is 2.99. The Morgan fingerprint density at radius 1 is 0.700 bits per heavy atom. The first kappa shape index (κ1) is 12.2. The first-order valence-corrected chi connectivity index (χ1v) is 6.32. The van der Waals surface area contributed by atoms with E-state index in [0.29, 0.717) is 6.29 Å². The highest BCUT2D eigenvalue weighted by Gasteiger charge is 2.07. The smallest absolute Gasteiger partial charge is 0.193 e. The van der Waals surface area contributed by atoms with Crippen LogP contribution >= 0.6 is 0 Å². The Labute approximate surface area is 117 Å². The molecule has 0 saturated carbocycles. The summed E-state index contributed by atoms with van der Waals surface area (Å²) in [6.07, 6.45) is 0.679. The molecule has 0 N–H and O–H groups in total. The van der Waals surface area contributed by atoms with Gasteiger partial charge in [0.15, 0.2) is 12.1 Å². The minimum Gasteiger partial charge on any atom is -0.294 e. The summed E-state index contributed by atoms with van der Waals surface area (Å²) in [5.41, 5.74) is 3.44. The van der Waals surface area contributed by atoms with E-state index in [4.69, 9.17) is 0 Å². The molecule has 3 heteroatoms. The molecule has 20 heavy (non-hydrogen) atoms. The van der Waals surface area contributed by atoms with Crippen molar-refractivity contribution >= 4 is 6.29 Å². The van der Waals surface area contributed by atoms with Gasteiger partial charge in [-0.25, -0.2) is 9.97 Å². The molecule has 96 valence electrons. The minimum atomic E-state index is 0.199. The molecule has 0 radical (unpaired) electrons. The van der Waals surface area contributed by atoms with Crippen molar-refractivity contribution in [1.82, 2.24) is 9.97 Å². The zero-order valence-electron chi connectivity index (χ0n) is 10.7. The molecule has 2 aromatic carbocycles. The van der Waals surface area contributed by atoms with E-state index < -0.39 is 0 Å². The lowest BCUT2D eigenvalue weighted by Crippen LogP contribution is -1.97. The van der Waals surface area contributed by atoms with Crippen molar-refractivity contribution in [2.24, 2.45) is 0 Å². The molecule has 0 aliphatic rings. The van der Waals surface area contributed by atoms with Crippen LogP contribution in [-0.4, -0.2) is 16.3 Å². The summed E-state index contributed by atoms with van der Waals surface area (Å²) in [5.74, 6) is 0.199. The van der Waals surface area contributed by atoms with E-state index in [2.05, 4.69) is 9.97 Å². The predicted molar refractivity (Wildman–Crippen MR) is 78.3 cm³/mol. The summed E-state index contributed by atoms with van der Waals surface area (Å²) in [7, 11) is 0. The second kappa shape index (κ2) is 5.45. The average Bonchev–Trinajstić information content (AvgIpc) is 2.56. The molecule has 1 aromatic heterocycles. The predicted octanol–water partition coefficient (Wildman–Crippen LogP) is 3.62. The van der Waals surface area contributed by atoms with Crippen molar-refractivity contribution < 1.29 is 4.79 Å². The molecule has 0 spiro atoms. The SMILES string of the molecule is O=Cc1nc(-c2ccccc2)cc(-c2ccccc2)n1. The fraction of sp³-hybridized carbons (Fsp3) is 0. The number of hydrogen-bond donors (Lipinski definition) is 0. The van der Waals surface area contributed by atoms with E-state index >= 15 is 0 Å². The summed E-state index contributed by atoms with van der Waals surface area (Å²) in [5, 5.41) is 0. The molecule has 0 atom stereocenters. The van der Waals surface area contributed by atoms with E-state index in [1.807, 2.05) is 66.7 Å². The van der Waals surface area contributed by atoms with Gasteiger partial charge < -0.3 is 0 Å². The summed E-state index contributed by atoms with van der Waals surface area (Å²) >= 11 is 0. The molecule has 3 rings (SSSR count). The van der Waals surface area contributed by atoms with Crippen LogP contribution in [0.15, 0.2) is 66.7 Å². The van der Waals surface area contributed by atoms with Gasteiger partial charge in [0.2, 0.25) is 0 Å². The largest absolute Gasteiger partial charge is 0.294 e. The van der Waals surface area contributed by atoms with Crippen molar-refractivity contribution in [2.45, 2.75) is 0 Å². The molecule has 3 aromatic rings. The van der Waals surface area contributed by atoms with Gasteiger partial charge in [-0.1, -0.05) is 60.7 Å². The van der Waals surface area contributed by atoms with Gasteiger partial charge in [-0.3, -0.25) is 4.79 Å². The second-order valence-electron chi connectivity index (χ2n) is 4.35. The lowest BCUT2D eigenvalue weighted by Gasteiger charge is -2.06. The third-order valence-electron chi connectivity index (χ3n) is 2.99. The monoisotopic (exact) mass is 260 g/mol. The minimum absolute atomic E-state index is 0.199. The van der Waals surface area contributed by atoms with Crippen LogP contribution in [0.25, 0.3) is 22.5 Å². The first-order valence-electron chi connectivity index (χ1n) is 6.32. The van der Waals surface area contributed by atoms with Crippen LogP contribution in [0.5, 0.6) is 0 Å². The molecule has 0 unspecified atom stereocenters. The zero-order chi connectivity index (χ0) is 13.8. The molecule has 0 amide bonds. The van der Waals surface area contributed by atoms with Crippen LogP contribution in [0.1, 0.15) is 10.6 Å². The second-order valence-corrected chi connectivity index (χ2v) is 4.35. The molecule has 3 nitrogen and oxygen atoms in total. The van der Waals surface area contributed by atoms with E-state index in [9.17, 15) is 4.79 Å². The molecule has 0 saturated heterocycles. The molecule has 1 heterocycles. The van der Waals surface area contributed by atoms with Crippen molar-refractivity contribution in [3.63, 3.8) is 0 Å². The van der Waals surface area contributed by atoms with Crippen LogP contribution in [0.2, 0.25) is 0 Å². The highest BCUT2D eigenvalue weighted by atomic mass is 16.1. The standard InChI is InChI=1S/C17H12N2O/c20-12-17-18-15(13-7-3-1-4-8-13)11-16(19-17)14-9-5-2-6-10-14/h1-12H. The number of hydrogen-bond acceptors (Lipinski definition) is 3. The Morgan fingerprint density at radius 2 is 1.15 bits per heavy atom. The van der Waals surface area contributed by atoms with Gasteiger partial charge in [0, 0.05) is 11.1 Å². The number of rotatable bonds is 3. The number of aromatic nitrogens is 2. The van der Waals surface area contributed by atoms with E-state index in [1.165, 1.54) is 0 Å². The van der Waals surface area contributed by atoms with Gasteiger partial charge in [-0.05, 0) is 6.07 Å². The maximum absolute atomic E-state index is 11.0. The quantitative estimate of drug-likeness (QED) is 0.675. The van der Waals surface area contributed by atoms with Gasteiger partial charge in [0.1, 0.15) is 0 Å². The highest BCUT2D eigenvalue weighted by Crippen LogP contribution is 2.23. The van der Waals surface area contributed by atoms with Crippen molar-refractivity contribution in [3.8, 4) is 22.5 Å². The summed E-state index contributed by atoms with van der Waals surface area (Å²) in [6, 6.07) is 21.4. The van der Waals surface area contributed by atoms with Crippen LogP contribution in [0.3, 0.4) is 0 Å². The van der Waals surface area contributed by atoms with Crippen LogP contribution in [0.4, 0.5) is 0 Å². The Balaban J connectivity index is 2.15. The van der Waals surface area contributed by atoms with Gasteiger partial charge in [-0.2, -0.15) is 0 Å². The highest BCUT2D eigenvalue weighted by molar-refractivity contribution is 5.75.